The maximum atomic E-state index is 12.2. The van der Waals surface area contributed by atoms with Crippen molar-refractivity contribution in [3.8, 4) is 5.75 Å². The van der Waals surface area contributed by atoms with Crippen molar-refractivity contribution in [1.82, 2.24) is 4.83 Å². The average Bonchev–Trinajstić information content (AvgIpc) is 2.56. The van der Waals surface area contributed by atoms with Gasteiger partial charge in [-0.25, -0.2) is 4.83 Å². The second kappa shape index (κ2) is 9.15. The summed E-state index contributed by atoms with van der Waals surface area (Å²) >= 11 is 23.9. The van der Waals surface area contributed by atoms with Crippen LogP contribution < -0.4 is 9.57 Å². The van der Waals surface area contributed by atoms with E-state index in [4.69, 9.17) is 51.1 Å². The molecule has 0 heterocycles. The summed E-state index contributed by atoms with van der Waals surface area (Å²) in [6, 6.07) is 7.07. The average molecular weight is 456 g/mol. The molecule has 0 amide bonds. The molecule has 0 bridgehead atoms. The Bertz CT molecular complexity index is 910. The summed E-state index contributed by atoms with van der Waals surface area (Å²) in [5.74, 6) is 0.378. The lowest BCUT2D eigenvalue weighted by atomic mass is 10.2. The van der Waals surface area contributed by atoms with Crippen molar-refractivity contribution in [3.63, 3.8) is 0 Å². The minimum absolute atomic E-state index is 0.0663. The molecule has 26 heavy (non-hydrogen) atoms. The predicted octanol–water partition coefficient (Wildman–Crippen LogP) is 5.40. The predicted molar refractivity (Wildman–Crippen MR) is 107 cm³/mol. The van der Waals surface area contributed by atoms with E-state index in [0.717, 1.165) is 6.42 Å². The highest BCUT2D eigenvalue weighted by Gasteiger charge is 2.14. The Morgan fingerprint density at radius 3 is 2.27 bits per heavy atom. The molecule has 0 saturated heterocycles. The number of sulfonamides is 1. The van der Waals surface area contributed by atoms with E-state index in [1.165, 1.54) is 24.4 Å². The summed E-state index contributed by atoms with van der Waals surface area (Å²) in [6.45, 7) is 2.44. The van der Waals surface area contributed by atoms with Gasteiger partial charge < -0.3 is 4.74 Å². The van der Waals surface area contributed by atoms with Gasteiger partial charge in [0.1, 0.15) is 0 Å². The molecule has 0 spiro atoms. The first-order valence-corrected chi connectivity index (χ1v) is 10.4. The van der Waals surface area contributed by atoms with E-state index >= 15 is 0 Å². The molecule has 0 aliphatic carbocycles. The van der Waals surface area contributed by atoms with E-state index in [9.17, 15) is 8.42 Å². The number of ether oxygens (including phenoxy) is 1. The Hall–Kier alpha value is -1.18. The van der Waals surface area contributed by atoms with Crippen molar-refractivity contribution >= 4 is 62.6 Å². The zero-order valence-corrected chi connectivity index (χ0v) is 17.3. The van der Waals surface area contributed by atoms with Gasteiger partial charge >= 0.3 is 0 Å². The summed E-state index contributed by atoms with van der Waals surface area (Å²) in [4.78, 5) is 2.01. The second-order valence-electron chi connectivity index (χ2n) is 5.09. The maximum Gasteiger partial charge on any atom is 0.276 e. The Kier molecular flexibility index (Phi) is 7.43. The summed E-state index contributed by atoms with van der Waals surface area (Å²) in [5.41, 5.74) is 0.501. The number of rotatable bonds is 7. The number of hydrogen-bond acceptors (Lipinski definition) is 4. The van der Waals surface area contributed by atoms with Crippen LogP contribution in [0.15, 0.2) is 40.3 Å². The van der Waals surface area contributed by atoms with Gasteiger partial charge in [-0.3, -0.25) is 0 Å². The molecule has 0 saturated carbocycles. The largest absolute Gasteiger partial charge is 0.490 e. The summed E-state index contributed by atoms with van der Waals surface area (Å²) in [6.07, 6.45) is 2.09. The van der Waals surface area contributed by atoms with Crippen LogP contribution in [0, 0.1) is 0 Å². The molecule has 1 N–H and O–H groups in total. The Labute approximate surface area is 171 Å². The van der Waals surface area contributed by atoms with Gasteiger partial charge in [0.05, 0.1) is 37.8 Å². The van der Waals surface area contributed by atoms with Crippen molar-refractivity contribution in [1.29, 1.82) is 0 Å². The van der Waals surface area contributed by atoms with Gasteiger partial charge in [-0.1, -0.05) is 53.3 Å². The molecule has 0 fully saturated rings. The van der Waals surface area contributed by atoms with Crippen LogP contribution >= 0.6 is 46.4 Å². The highest BCUT2D eigenvalue weighted by atomic mass is 35.5. The molecule has 0 unspecified atom stereocenters. The van der Waals surface area contributed by atoms with Gasteiger partial charge in [-0.05, 0) is 42.3 Å². The molecule has 2 rings (SSSR count). The molecule has 2 aromatic carbocycles. The first kappa shape index (κ1) is 21.1. The summed E-state index contributed by atoms with van der Waals surface area (Å²) < 4.78 is 29.9. The van der Waals surface area contributed by atoms with Crippen LogP contribution in [0.1, 0.15) is 18.9 Å². The quantitative estimate of drug-likeness (QED) is 0.448. The van der Waals surface area contributed by atoms with Crippen LogP contribution in [0.25, 0.3) is 0 Å². The first-order valence-electron chi connectivity index (χ1n) is 7.36. The van der Waals surface area contributed by atoms with Gasteiger partial charge in [0, 0.05) is 0 Å². The number of hydrazone groups is 1. The zero-order valence-electron chi connectivity index (χ0n) is 13.5. The standard InChI is InChI=1S/C16H14Cl4N2O3S/c1-2-5-25-16-14(19)6-10(7-15(16)20)9-21-22-26(23,24)11-3-4-12(17)13(18)8-11/h3-4,6-9,22H,2,5H2,1H3/b21-9+. The van der Waals surface area contributed by atoms with Crippen LogP contribution in [0.4, 0.5) is 0 Å². The molecule has 2 aromatic rings. The number of hydrogen-bond donors (Lipinski definition) is 1. The highest BCUT2D eigenvalue weighted by Crippen LogP contribution is 2.34. The van der Waals surface area contributed by atoms with Gasteiger partial charge in [-0.15, -0.1) is 0 Å². The third-order valence-corrected chi connectivity index (χ3v) is 5.58. The topological polar surface area (TPSA) is 67.8 Å². The molecule has 5 nitrogen and oxygen atoms in total. The Morgan fingerprint density at radius 2 is 1.69 bits per heavy atom. The van der Waals surface area contributed by atoms with Crippen molar-refractivity contribution in [3.05, 3.63) is 56.0 Å². The molecule has 0 aromatic heterocycles. The van der Waals surface area contributed by atoms with Crippen LogP contribution in [-0.2, 0) is 10.0 Å². The van der Waals surface area contributed by atoms with E-state index in [-0.39, 0.29) is 14.9 Å². The SMILES string of the molecule is CCCOc1c(Cl)cc(/C=N/NS(=O)(=O)c2ccc(Cl)c(Cl)c2)cc1Cl. The normalized spacial score (nSPS) is 11.7. The zero-order chi connectivity index (χ0) is 19.3. The number of halogens is 4. The summed E-state index contributed by atoms with van der Waals surface area (Å²) in [7, 11) is -3.89. The van der Waals surface area contributed by atoms with E-state index in [1.54, 1.807) is 12.1 Å². The third-order valence-electron chi connectivity index (χ3n) is 3.06. The van der Waals surface area contributed by atoms with E-state index in [2.05, 4.69) is 9.93 Å². The van der Waals surface area contributed by atoms with Crippen molar-refractivity contribution in [2.45, 2.75) is 18.2 Å². The molecule has 10 heteroatoms. The minimum Gasteiger partial charge on any atom is -0.490 e. The van der Waals surface area contributed by atoms with Crippen molar-refractivity contribution in [2.24, 2.45) is 5.10 Å². The van der Waals surface area contributed by atoms with Gasteiger partial charge in [-0.2, -0.15) is 13.5 Å². The molecule has 140 valence electrons. The monoisotopic (exact) mass is 454 g/mol. The maximum absolute atomic E-state index is 12.2. The van der Waals surface area contributed by atoms with Crippen molar-refractivity contribution < 1.29 is 13.2 Å². The fourth-order valence-corrected chi connectivity index (χ4v) is 3.66. The minimum atomic E-state index is -3.89. The van der Waals surface area contributed by atoms with Gasteiger partial charge in [0.15, 0.2) is 5.75 Å². The Morgan fingerprint density at radius 1 is 1.04 bits per heavy atom. The lowest BCUT2D eigenvalue weighted by Gasteiger charge is -2.09. The Balaban J connectivity index is 2.15. The first-order chi connectivity index (χ1) is 12.2. The molecular formula is C16H14Cl4N2O3S. The van der Waals surface area contributed by atoms with Crippen LogP contribution in [0.2, 0.25) is 20.1 Å². The lowest BCUT2D eigenvalue weighted by Crippen LogP contribution is -2.18. The fraction of sp³-hybridized carbons (Fsp3) is 0.188. The summed E-state index contributed by atoms with van der Waals surface area (Å²) in [5, 5.41) is 4.71. The van der Waals surface area contributed by atoms with Crippen LogP contribution in [-0.4, -0.2) is 21.2 Å². The van der Waals surface area contributed by atoms with Gasteiger partial charge in [0.2, 0.25) is 0 Å². The van der Waals surface area contributed by atoms with Crippen molar-refractivity contribution in [2.75, 3.05) is 6.61 Å². The molecule has 0 aliphatic rings. The highest BCUT2D eigenvalue weighted by molar-refractivity contribution is 7.89. The van der Waals surface area contributed by atoms with E-state index < -0.39 is 10.0 Å². The smallest absolute Gasteiger partial charge is 0.276 e. The van der Waals surface area contributed by atoms with E-state index in [1.807, 2.05) is 6.92 Å². The number of benzene rings is 2. The third kappa shape index (κ3) is 5.41. The van der Waals surface area contributed by atoms with Crippen LogP contribution in [0.3, 0.4) is 0 Å². The number of nitrogens with zero attached hydrogens (tertiary/aromatic N) is 1. The number of nitrogens with one attached hydrogen (secondary N) is 1. The molecule has 0 aliphatic heterocycles. The van der Waals surface area contributed by atoms with Crippen LogP contribution in [0.5, 0.6) is 5.75 Å². The fourth-order valence-electron chi connectivity index (χ4n) is 1.86. The van der Waals surface area contributed by atoms with Gasteiger partial charge in [0.25, 0.3) is 10.0 Å². The second-order valence-corrected chi connectivity index (χ2v) is 8.38. The van der Waals surface area contributed by atoms with E-state index in [0.29, 0.717) is 28.0 Å². The molecular weight excluding hydrogens is 442 g/mol. The molecule has 0 radical (unpaired) electrons. The molecule has 0 atom stereocenters. The lowest BCUT2D eigenvalue weighted by molar-refractivity contribution is 0.318.